The molecule has 0 spiro atoms. The number of hydrogen-bond acceptors (Lipinski definition) is 5. The molecule has 0 amide bonds. The molecular formula is C19H16N2O2S. The van der Waals surface area contributed by atoms with Gasteiger partial charge < -0.3 is 9.47 Å². The number of ether oxygens (including phenoxy) is 2. The highest BCUT2D eigenvalue weighted by Gasteiger charge is 2.17. The molecule has 24 heavy (non-hydrogen) atoms. The number of nitrogens with zero attached hydrogens (tertiary/aromatic N) is 2. The molecule has 0 radical (unpaired) electrons. The van der Waals surface area contributed by atoms with Crippen LogP contribution in [0, 0.1) is 0 Å². The van der Waals surface area contributed by atoms with Crippen molar-refractivity contribution in [1.29, 1.82) is 0 Å². The summed E-state index contributed by atoms with van der Waals surface area (Å²) in [5, 5.41) is 8.57. The van der Waals surface area contributed by atoms with Crippen LogP contribution in [0.25, 0.3) is 0 Å². The Hall–Kier alpha value is -2.79. The first-order valence-electron chi connectivity index (χ1n) is 7.73. The molecule has 1 aliphatic heterocycles. The molecule has 0 fully saturated rings. The van der Waals surface area contributed by atoms with Gasteiger partial charge in [-0.1, -0.05) is 36.4 Å². The molecule has 5 heteroatoms. The van der Waals surface area contributed by atoms with Crippen LogP contribution in [0.15, 0.2) is 71.1 Å². The van der Waals surface area contributed by atoms with Gasteiger partial charge in [-0.2, -0.15) is 5.10 Å². The molecule has 4 rings (SSSR count). The van der Waals surface area contributed by atoms with Crippen molar-refractivity contribution in [3.8, 4) is 11.5 Å². The second-order valence-corrected chi connectivity index (χ2v) is 6.13. The maximum atomic E-state index is 5.71. The number of para-hydroxylation sites is 2. The highest BCUT2D eigenvalue weighted by molar-refractivity contribution is 7.12. The summed E-state index contributed by atoms with van der Waals surface area (Å²) in [6.07, 6.45) is 1.83. The zero-order valence-electron chi connectivity index (χ0n) is 13.0. The zero-order chi connectivity index (χ0) is 16.2. The summed E-state index contributed by atoms with van der Waals surface area (Å²) >= 11 is 1.57. The number of hydrazone groups is 1. The van der Waals surface area contributed by atoms with Crippen LogP contribution in [0.3, 0.4) is 0 Å². The molecule has 0 unspecified atom stereocenters. The Morgan fingerprint density at radius 3 is 2.17 bits per heavy atom. The Labute approximate surface area is 144 Å². The van der Waals surface area contributed by atoms with Gasteiger partial charge in [-0.15, -0.1) is 11.3 Å². The van der Waals surface area contributed by atoms with E-state index in [1.165, 1.54) is 0 Å². The standard InChI is InChI=1S/C19H16N2O2S/c1-3-7-15(8-4-1)21(16-9-5-2-6-10-16)20-13-18-19-17(14-24-18)22-11-12-23-19/h1-10,13-14H,11-12H2/b20-13+. The monoisotopic (exact) mass is 336 g/mol. The Morgan fingerprint density at radius 2 is 1.50 bits per heavy atom. The van der Waals surface area contributed by atoms with Crippen LogP contribution >= 0.6 is 11.3 Å². The average molecular weight is 336 g/mol. The molecule has 120 valence electrons. The lowest BCUT2D eigenvalue weighted by molar-refractivity contribution is 0.173. The molecule has 0 aliphatic carbocycles. The lowest BCUT2D eigenvalue weighted by atomic mass is 10.2. The van der Waals surface area contributed by atoms with Crippen LogP contribution in [0.2, 0.25) is 0 Å². The molecule has 2 aromatic carbocycles. The predicted molar refractivity (Wildman–Crippen MR) is 97.9 cm³/mol. The van der Waals surface area contributed by atoms with Gasteiger partial charge in [0.2, 0.25) is 0 Å². The maximum Gasteiger partial charge on any atom is 0.180 e. The van der Waals surface area contributed by atoms with Crippen molar-refractivity contribution in [3.63, 3.8) is 0 Å². The van der Waals surface area contributed by atoms with Gasteiger partial charge >= 0.3 is 0 Å². The minimum Gasteiger partial charge on any atom is -0.485 e. The maximum absolute atomic E-state index is 5.71. The van der Waals surface area contributed by atoms with Crippen molar-refractivity contribution >= 4 is 28.9 Å². The van der Waals surface area contributed by atoms with Gasteiger partial charge in [0, 0.05) is 5.38 Å². The van der Waals surface area contributed by atoms with Crippen LogP contribution < -0.4 is 14.5 Å². The number of fused-ring (bicyclic) bond motifs is 1. The summed E-state index contributed by atoms with van der Waals surface area (Å²) in [5.41, 5.74) is 2.00. The van der Waals surface area contributed by atoms with E-state index < -0.39 is 0 Å². The summed E-state index contributed by atoms with van der Waals surface area (Å²) in [7, 11) is 0. The summed E-state index contributed by atoms with van der Waals surface area (Å²) in [5.74, 6) is 1.59. The van der Waals surface area contributed by atoms with Crippen molar-refractivity contribution in [1.82, 2.24) is 0 Å². The van der Waals surface area contributed by atoms with E-state index in [9.17, 15) is 0 Å². The number of benzene rings is 2. The van der Waals surface area contributed by atoms with Crippen molar-refractivity contribution in [2.24, 2.45) is 5.10 Å². The second-order valence-electron chi connectivity index (χ2n) is 5.22. The molecule has 0 N–H and O–H groups in total. The van der Waals surface area contributed by atoms with Crippen LogP contribution in [-0.2, 0) is 0 Å². The molecule has 1 aliphatic rings. The first-order chi connectivity index (χ1) is 11.9. The van der Waals surface area contributed by atoms with E-state index in [0.29, 0.717) is 13.2 Å². The molecule has 1 aromatic heterocycles. The van der Waals surface area contributed by atoms with Gasteiger partial charge in [0.25, 0.3) is 0 Å². The second kappa shape index (κ2) is 6.76. The minimum absolute atomic E-state index is 0.575. The number of anilines is 2. The molecule has 0 atom stereocenters. The number of rotatable bonds is 4. The summed E-state index contributed by atoms with van der Waals surface area (Å²) < 4.78 is 11.3. The molecule has 0 saturated carbocycles. The van der Waals surface area contributed by atoms with Gasteiger partial charge in [0.15, 0.2) is 11.5 Å². The fourth-order valence-electron chi connectivity index (χ4n) is 2.50. The molecule has 2 heterocycles. The van der Waals surface area contributed by atoms with Crippen LogP contribution in [0.4, 0.5) is 11.4 Å². The van der Waals surface area contributed by atoms with E-state index >= 15 is 0 Å². The lowest BCUT2D eigenvalue weighted by Gasteiger charge is -2.19. The largest absolute Gasteiger partial charge is 0.485 e. The highest BCUT2D eigenvalue weighted by Crippen LogP contribution is 2.38. The smallest absolute Gasteiger partial charge is 0.180 e. The predicted octanol–water partition coefficient (Wildman–Crippen LogP) is 4.69. The quantitative estimate of drug-likeness (QED) is 0.512. The number of hydrogen-bond donors (Lipinski definition) is 0. The summed E-state index contributed by atoms with van der Waals surface area (Å²) in [4.78, 5) is 0.960. The third-order valence-electron chi connectivity index (χ3n) is 3.62. The van der Waals surface area contributed by atoms with Crippen molar-refractivity contribution < 1.29 is 9.47 Å². The molecular weight excluding hydrogens is 320 g/mol. The minimum atomic E-state index is 0.575. The molecule has 0 bridgehead atoms. The third kappa shape index (κ3) is 2.98. The molecule has 0 saturated heterocycles. The molecule has 4 nitrogen and oxygen atoms in total. The Balaban J connectivity index is 1.69. The van der Waals surface area contributed by atoms with Crippen molar-refractivity contribution in [3.05, 3.63) is 70.9 Å². The van der Waals surface area contributed by atoms with Crippen molar-refractivity contribution in [2.45, 2.75) is 0 Å². The van der Waals surface area contributed by atoms with Gasteiger partial charge in [-0.25, -0.2) is 5.01 Å². The first kappa shape index (κ1) is 14.8. The van der Waals surface area contributed by atoms with Gasteiger partial charge in [-0.3, -0.25) is 0 Å². The Morgan fingerprint density at radius 1 is 0.875 bits per heavy atom. The van der Waals surface area contributed by atoms with E-state index in [4.69, 9.17) is 14.6 Å². The Bertz CT molecular complexity index is 792. The fourth-order valence-corrected chi connectivity index (χ4v) is 3.29. The van der Waals surface area contributed by atoms with E-state index in [1.54, 1.807) is 11.3 Å². The van der Waals surface area contributed by atoms with Crippen LogP contribution in [0.1, 0.15) is 4.88 Å². The Kier molecular flexibility index (Phi) is 4.16. The lowest BCUT2D eigenvalue weighted by Crippen LogP contribution is -2.15. The van der Waals surface area contributed by atoms with E-state index in [-0.39, 0.29) is 0 Å². The topological polar surface area (TPSA) is 34.1 Å². The van der Waals surface area contributed by atoms with Crippen LogP contribution in [-0.4, -0.2) is 19.4 Å². The van der Waals surface area contributed by atoms with Crippen molar-refractivity contribution in [2.75, 3.05) is 18.2 Å². The fraction of sp³-hybridized carbons (Fsp3) is 0.105. The number of thiophene rings is 1. The van der Waals surface area contributed by atoms with E-state index in [0.717, 1.165) is 27.8 Å². The zero-order valence-corrected chi connectivity index (χ0v) is 13.8. The molecule has 3 aromatic rings. The summed E-state index contributed by atoms with van der Waals surface area (Å²) in [6, 6.07) is 20.2. The van der Waals surface area contributed by atoms with Gasteiger partial charge in [0.1, 0.15) is 13.2 Å². The highest BCUT2D eigenvalue weighted by atomic mass is 32.1. The van der Waals surface area contributed by atoms with Gasteiger partial charge in [-0.05, 0) is 24.3 Å². The normalized spacial score (nSPS) is 13.2. The summed E-state index contributed by atoms with van der Waals surface area (Å²) in [6.45, 7) is 1.17. The van der Waals surface area contributed by atoms with E-state index in [1.807, 2.05) is 77.3 Å². The first-order valence-corrected chi connectivity index (χ1v) is 8.61. The van der Waals surface area contributed by atoms with Gasteiger partial charge in [0.05, 0.1) is 22.5 Å². The third-order valence-corrected chi connectivity index (χ3v) is 4.50. The average Bonchev–Trinajstić information content (AvgIpc) is 3.07. The van der Waals surface area contributed by atoms with E-state index in [2.05, 4.69) is 0 Å². The van der Waals surface area contributed by atoms with Crippen LogP contribution in [0.5, 0.6) is 11.5 Å². The SMILES string of the molecule is C(=N\N(c1ccccc1)c1ccccc1)/c1scc2c1OCCO2.